The highest BCUT2D eigenvalue weighted by molar-refractivity contribution is 6.32. The summed E-state index contributed by atoms with van der Waals surface area (Å²) in [5.74, 6) is -17.1. The maximum Gasteiger partial charge on any atom is 0.407 e. The van der Waals surface area contributed by atoms with Crippen molar-refractivity contribution in [2.75, 3.05) is 19.8 Å². The van der Waals surface area contributed by atoms with Gasteiger partial charge in [0.15, 0.2) is 29.9 Å². The first-order valence-corrected chi connectivity index (χ1v) is 40.1. The first-order chi connectivity index (χ1) is 58.0. The Morgan fingerprint density at radius 1 is 0.639 bits per heavy atom. The van der Waals surface area contributed by atoms with Gasteiger partial charge in [0.2, 0.25) is 53.4 Å². The van der Waals surface area contributed by atoms with Crippen LogP contribution >= 0.6 is 23.2 Å². The van der Waals surface area contributed by atoms with E-state index in [0.29, 0.717) is 13.0 Å². The molecule has 18 atom stereocenters. The number of aromatic hydroxyl groups is 3. The van der Waals surface area contributed by atoms with E-state index < -0.39 is 254 Å². The Labute approximate surface area is 707 Å². The number of carbonyl (C=O) groups excluding carboxylic acids is 8. The molecular weight excluding hydrogens is 1630 g/mol. The molecule has 648 valence electrons. The minimum Gasteiger partial charge on any atom is -0.508 e. The van der Waals surface area contributed by atoms with E-state index in [1.165, 1.54) is 12.1 Å². The summed E-state index contributed by atoms with van der Waals surface area (Å²) in [6, 6.07) is 13.4. The van der Waals surface area contributed by atoms with E-state index in [1.54, 1.807) is 27.7 Å². The third kappa shape index (κ3) is 18.8. The lowest BCUT2D eigenvalue weighted by Gasteiger charge is -2.48. The number of phenolic OH excluding ortho intramolecular Hbond substituents is 3. The van der Waals surface area contributed by atoms with Crippen LogP contribution in [0.5, 0.6) is 46.0 Å². The maximum atomic E-state index is 16.3. The van der Waals surface area contributed by atoms with Gasteiger partial charge in [0.1, 0.15) is 102 Å². The lowest BCUT2D eigenvalue weighted by atomic mass is 9.84. The number of nitrogens with one attached hydrogen (secondary N) is 8. The molecule has 7 heterocycles. The summed E-state index contributed by atoms with van der Waals surface area (Å²) in [7, 11) is 0. The van der Waals surface area contributed by atoms with Crippen molar-refractivity contribution >= 4 is 76.6 Å². The summed E-state index contributed by atoms with van der Waals surface area (Å²) in [6.07, 6.45) is -19.3. The Morgan fingerprint density at radius 2 is 1.25 bits per heavy atom. The molecule has 15 rings (SSSR count). The Kier molecular flexibility index (Phi) is 26.6. The van der Waals surface area contributed by atoms with Gasteiger partial charge in [-0.2, -0.15) is 0 Å². The van der Waals surface area contributed by atoms with Crippen molar-refractivity contribution in [3.63, 3.8) is 0 Å². The number of aliphatic hydroxyl groups excluding tert-OH is 6. The van der Waals surface area contributed by atoms with Crippen molar-refractivity contribution in [3.8, 4) is 68.2 Å². The van der Waals surface area contributed by atoms with Gasteiger partial charge in [-0.15, -0.1) is 0 Å². The average Bonchev–Trinajstić information content (AvgIpc) is 1.76. The smallest absolute Gasteiger partial charge is 0.407 e. The van der Waals surface area contributed by atoms with Gasteiger partial charge in [0.25, 0.3) is 0 Å². The van der Waals surface area contributed by atoms with Gasteiger partial charge in [-0.3, -0.25) is 33.6 Å². The Balaban J connectivity index is 0.968. The standard InChI is InChI=1S/C85H93Cl2N9O26/c1-35(2)21-22-89-85(6)32-62(117-37(5)75(85)106)121-74-72(105)71(104)60(33-97)120-83(74)122-73-58-27-41-28-59(73)119-57-20-17-40(26-51(57)87)70(103)68-81(112)94-66(82(113)114)48-29-42(98)30-55(100)63(48)47-24-38(15-18-54(47)99)64(78(109)96-68)93-79(110)65(41)92-77(108)53(31-61(88)101)90-80(111)67(69(102)39-16-19-56(118-58)50(86)25-39)95-76(107)52(23-36(3)4)91-84(115)116-34-49-45-13-9-7-11-43(45)44-12-8-10-14-46(44)49/h7-20,24-30,35-37,49,52-53,60,62,64-72,74-75,83,89,97-100,102-106H,21-23,31-34H2,1-6H3,(H2,88,101)(H,90,111)(H,91,115)(H,92,108)(H,93,110)(H,94,112)(H,95,107)(H,96,109)(H,113,114)/t37-,52+,53-,60+,62-,64+,65+,66-,67+,68-,69+,70+,71+,72-,74+,75+,83-,85-/m0/s1. The molecule has 1 aliphatic carbocycles. The first kappa shape index (κ1) is 88.3. The molecule has 2 saturated heterocycles. The minimum atomic E-state index is -2.41. The number of ether oxygens (including phenoxy) is 7. The van der Waals surface area contributed by atoms with Gasteiger partial charge >= 0.3 is 12.1 Å². The third-order valence-corrected chi connectivity index (χ3v) is 22.9. The number of nitrogens with two attached hydrogens (primary N) is 1. The summed E-state index contributed by atoms with van der Waals surface area (Å²) < 4.78 is 45.2. The van der Waals surface area contributed by atoms with E-state index in [4.69, 9.17) is 62.1 Å². The van der Waals surface area contributed by atoms with E-state index >= 15 is 28.8 Å². The van der Waals surface area contributed by atoms with Crippen LogP contribution in [0.4, 0.5) is 4.79 Å². The zero-order chi connectivity index (χ0) is 87.8. The number of hydrogen-bond donors (Lipinski definition) is 19. The quantitative estimate of drug-likeness (QED) is 0.0500. The number of halogens is 2. The Hall–Kier alpha value is -11.5. The lowest BCUT2D eigenvalue weighted by molar-refractivity contribution is -0.334. The number of fused-ring (bicyclic) bond motifs is 18. The highest BCUT2D eigenvalue weighted by atomic mass is 35.5. The number of rotatable bonds is 19. The van der Waals surface area contributed by atoms with Crippen LogP contribution in [-0.2, 0) is 57.3 Å². The van der Waals surface area contributed by atoms with Crippen LogP contribution < -0.4 is 62.5 Å². The first-order valence-electron chi connectivity index (χ1n) is 39.3. The normalized spacial score (nSPS) is 26.7. The van der Waals surface area contributed by atoms with Gasteiger partial charge in [0, 0.05) is 40.6 Å². The SMILES string of the molecule is CC(C)CCN[C@@]1(C)C[C@H](O[C@H]2[C@H](Oc3c4cc5cc3Oc3ccc(cc3Cl)[C@@H](O)[C@@H](NC(=O)[C@@H](CC(C)C)NC(=O)OCC3c6ccccc6-c6ccccc63)C(=O)N[C@@H](CC(N)=O)C(=O)N[C@H]5C(=O)N[C@H]3C(=O)N[C@H](C(=O)N[C@H](C(=O)O)c5cc(O)cc(O)c5-c5cc3ccc5O)[C@H](O)c3ccc(c(Cl)c3)O4)O[C@H](CO)[C@@H](O)[C@@H]2O)O[C@@H](C)[C@H]1O. The number of phenols is 3. The molecular formula is C85H93Cl2N9O26. The largest absolute Gasteiger partial charge is 0.508 e. The van der Waals surface area contributed by atoms with Gasteiger partial charge < -0.3 is 132 Å². The van der Waals surface area contributed by atoms with Crippen molar-refractivity contribution in [1.29, 1.82) is 0 Å². The number of carbonyl (C=O) groups is 9. The zero-order valence-electron chi connectivity index (χ0n) is 66.5. The summed E-state index contributed by atoms with van der Waals surface area (Å²) in [5.41, 5.74) is 5.33. The molecule has 11 bridgehead atoms. The molecule has 0 aromatic heterocycles. The molecule has 8 aliphatic rings. The minimum absolute atomic E-state index is 0.114. The molecule has 7 aromatic carbocycles. The number of aliphatic carboxylic acids is 1. The maximum absolute atomic E-state index is 16.3. The van der Waals surface area contributed by atoms with Crippen LogP contribution in [0.2, 0.25) is 10.0 Å². The summed E-state index contributed by atoms with van der Waals surface area (Å²) >= 11 is 14.4. The number of primary amides is 1. The number of hydrogen-bond acceptors (Lipinski definition) is 26. The van der Waals surface area contributed by atoms with E-state index in [1.807, 2.05) is 62.4 Å². The number of carboxylic acids is 1. The van der Waals surface area contributed by atoms with Crippen LogP contribution in [-0.4, -0.2) is 203 Å². The molecule has 7 aliphatic heterocycles. The van der Waals surface area contributed by atoms with Crippen molar-refractivity contribution < 1.29 is 127 Å². The zero-order valence-corrected chi connectivity index (χ0v) is 68.0. The fraction of sp³-hybridized carbons (Fsp3) is 0.400. The number of carboxylic acid groups (broad SMARTS) is 1. The van der Waals surface area contributed by atoms with E-state index in [2.05, 4.69) is 42.5 Å². The van der Waals surface area contributed by atoms with Crippen LogP contribution in [0, 0.1) is 11.8 Å². The third-order valence-electron chi connectivity index (χ3n) is 22.3. The molecule has 0 spiro atoms. The van der Waals surface area contributed by atoms with Crippen LogP contribution in [0.25, 0.3) is 22.3 Å². The fourth-order valence-electron chi connectivity index (χ4n) is 15.9. The number of benzene rings is 7. The molecule has 122 heavy (non-hydrogen) atoms. The number of aliphatic hydroxyl groups is 6. The van der Waals surface area contributed by atoms with Crippen molar-refractivity contribution in [3.05, 3.63) is 176 Å². The monoisotopic (exact) mass is 1730 g/mol. The molecule has 7 aromatic rings. The molecule has 0 saturated carbocycles. The summed E-state index contributed by atoms with van der Waals surface area (Å²) in [4.78, 5) is 134. The molecule has 20 N–H and O–H groups in total. The molecule has 8 amide bonds. The highest BCUT2D eigenvalue weighted by Crippen LogP contribution is 2.51. The summed E-state index contributed by atoms with van der Waals surface area (Å²) in [6.45, 7) is 10.1. The van der Waals surface area contributed by atoms with Crippen LogP contribution in [0.3, 0.4) is 0 Å². The van der Waals surface area contributed by atoms with Gasteiger partial charge in [0.05, 0.1) is 35.3 Å². The average molecular weight is 1730 g/mol. The lowest BCUT2D eigenvalue weighted by Crippen LogP contribution is -2.65. The predicted octanol–water partition coefficient (Wildman–Crippen LogP) is 5.10. The molecule has 0 radical (unpaired) electrons. The Morgan fingerprint density at radius 3 is 1.85 bits per heavy atom. The molecule has 37 heteroatoms. The van der Waals surface area contributed by atoms with Crippen molar-refractivity contribution in [2.45, 2.75) is 182 Å². The van der Waals surface area contributed by atoms with E-state index in [-0.39, 0.29) is 53.7 Å². The van der Waals surface area contributed by atoms with E-state index in [0.717, 1.165) is 89.0 Å². The fourth-order valence-corrected chi connectivity index (χ4v) is 16.4. The molecule has 35 nitrogen and oxygen atoms in total. The second kappa shape index (κ2) is 36.7. The second-order valence-electron chi connectivity index (χ2n) is 31.9. The van der Waals surface area contributed by atoms with Gasteiger partial charge in [-0.25, -0.2) is 9.59 Å². The van der Waals surface area contributed by atoms with Crippen molar-refractivity contribution in [1.82, 2.24) is 42.5 Å². The van der Waals surface area contributed by atoms with Crippen LogP contribution in [0.1, 0.15) is 142 Å². The number of amides is 8. The Bertz CT molecular complexity index is 5170. The highest BCUT2D eigenvalue weighted by Gasteiger charge is 2.52. The topological polar surface area (TPSA) is 543 Å². The number of alkyl carbamates (subject to hydrolysis) is 1. The van der Waals surface area contributed by atoms with Crippen LogP contribution in [0.15, 0.2) is 127 Å². The predicted molar refractivity (Wildman–Crippen MR) is 432 cm³/mol. The molecule has 2 fully saturated rings. The van der Waals surface area contributed by atoms with Gasteiger partial charge in [-0.1, -0.05) is 118 Å². The van der Waals surface area contributed by atoms with Gasteiger partial charge in [-0.05, 0) is 144 Å². The molecule has 0 unspecified atom stereocenters. The second-order valence-corrected chi connectivity index (χ2v) is 32.7. The summed E-state index contributed by atoms with van der Waals surface area (Å²) in [5, 5.41) is 136. The van der Waals surface area contributed by atoms with Crippen molar-refractivity contribution in [2.24, 2.45) is 17.6 Å². The van der Waals surface area contributed by atoms with E-state index in [9.17, 15) is 65.4 Å².